The molecule has 1 aliphatic carbocycles. The molecule has 0 aromatic heterocycles. The summed E-state index contributed by atoms with van der Waals surface area (Å²) in [4.78, 5) is 0. The number of phenols is 1. The van der Waals surface area contributed by atoms with Crippen LogP contribution in [0.25, 0.3) is 10.8 Å². The van der Waals surface area contributed by atoms with E-state index in [0.29, 0.717) is 10.9 Å². The average Bonchev–Trinajstić information content (AvgIpc) is 2.44. The Morgan fingerprint density at radius 3 is 2.56 bits per heavy atom. The van der Waals surface area contributed by atoms with Gasteiger partial charge in [-0.2, -0.15) is 0 Å². The minimum Gasteiger partial charge on any atom is -0.506 e. The van der Waals surface area contributed by atoms with Gasteiger partial charge in [0.15, 0.2) is 0 Å². The van der Waals surface area contributed by atoms with E-state index < -0.39 is 0 Å². The topological polar surface area (TPSA) is 20.2 Å². The van der Waals surface area contributed by atoms with E-state index in [1.165, 1.54) is 37.7 Å². The minimum atomic E-state index is 0.162. The van der Waals surface area contributed by atoms with E-state index in [0.717, 1.165) is 10.8 Å². The molecule has 2 heteroatoms. The summed E-state index contributed by atoms with van der Waals surface area (Å²) < 4.78 is 0. The molecule has 18 heavy (non-hydrogen) atoms. The fraction of sp³-hybridized carbons (Fsp3) is 0.375. The Kier molecular flexibility index (Phi) is 3.17. The van der Waals surface area contributed by atoms with Crippen LogP contribution in [-0.4, -0.2) is 5.11 Å². The zero-order chi connectivity index (χ0) is 12.5. The van der Waals surface area contributed by atoms with Crippen LogP contribution in [0.2, 0.25) is 5.02 Å². The fourth-order valence-electron chi connectivity index (χ4n) is 2.99. The summed E-state index contributed by atoms with van der Waals surface area (Å²) in [5, 5.41) is 12.1. The van der Waals surface area contributed by atoms with E-state index in [-0.39, 0.29) is 5.75 Å². The molecular formula is C16H17ClO. The minimum absolute atomic E-state index is 0.162. The number of phenolic OH excluding ortho intramolecular Hbond substituents is 1. The van der Waals surface area contributed by atoms with Crippen LogP contribution < -0.4 is 0 Å². The fourth-order valence-corrected chi connectivity index (χ4v) is 3.22. The first-order chi connectivity index (χ1) is 8.75. The number of hydrogen-bond acceptors (Lipinski definition) is 1. The van der Waals surface area contributed by atoms with Crippen molar-refractivity contribution < 1.29 is 5.11 Å². The van der Waals surface area contributed by atoms with Gasteiger partial charge >= 0.3 is 0 Å². The maximum absolute atomic E-state index is 9.60. The summed E-state index contributed by atoms with van der Waals surface area (Å²) in [6.45, 7) is 0. The molecule has 0 spiro atoms. The molecule has 0 bridgehead atoms. The molecule has 0 saturated heterocycles. The summed E-state index contributed by atoms with van der Waals surface area (Å²) in [7, 11) is 0. The predicted octanol–water partition coefficient (Wildman–Crippen LogP) is 5.25. The smallest absolute Gasteiger partial charge is 0.134 e. The third-order valence-corrected chi connectivity index (χ3v) is 4.43. The number of fused-ring (bicyclic) bond motifs is 1. The van der Waals surface area contributed by atoms with Crippen LogP contribution in [0.3, 0.4) is 0 Å². The quantitative estimate of drug-likeness (QED) is 0.743. The normalized spacial score (nSPS) is 17.2. The molecule has 1 aliphatic rings. The third kappa shape index (κ3) is 2.08. The van der Waals surface area contributed by atoms with Crippen molar-refractivity contribution in [3.8, 4) is 5.75 Å². The molecule has 0 heterocycles. The second-order valence-corrected chi connectivity index (χ2v) is 5.59. The van der Waals surface area contributed by atoms with E-state index in [1.807, 2.05) is 12.1 Å². The van der Waals surface area contributed by atoms with Crippen LogP contribution in [0.1, 0.15) is 43.6 Å². The van der Waals surface area contributed by atoms with Crippen molar-refractivity contribution in [2.45, 2.75) is 38.0 Å². The maximum atomic E-state index is 9.60. The second kappa shape index (κ2) is 4.81. The van der Waals surface area contributed by atoms with Crippen molar-refractivity contribution in [3.63, 3.8) is 0 Å². The Hall–Kier alpha value is -1.21. The van der Waals surface area contributed by atoms with Gasteiger partial charge in [-0.3, -0.25) is 0 Å². The van der Waals surface area contributed by atoms with Crippen LogP contribution in [0, 0.1) is 0 Å². The molecule has 0 aliphatic heterocycles. The third-order valence-electron chi connectivity index (χ3n) is 4.03. The summed E-state index contributed by atoms with van der Waals surface area (Å²) in [6.07, 6.45) is 6.68. The summed E-state index contributed by atoms with van der Waals surface area (Å²) in [6, 6.07) is 10.1. The lowest BCUT2D eigenvalue weighted by molar-refractivity contribution is 0.444. The zero-order valence-corrected chi connectivity index (χ0v) is 11.1. The molecule has 0 radical (unpaired) electrons. The first-order valence-electron chi connectivity index (χ1n) is 6.67. The average molecular weight is 261 g/mol. The van der Waals surface area contributed by atoms with Gasteiger partial charge in [-0.05, 0) is 35.8 Å². The lowest BCUT2D eigenvalue weighted by Crippen LogP contribution is -2.04. The van der Waals surface area contributed by atoms with Crippen molar-refractivity contribution in [3.05, 3.63) is 40.9 Å². The van der Waals surface area contributed by atoms with Crippen LogP contribution in [0.5, 0.6) is 5.75 Å². The lowest BCUT2D eigenvalue weighted by atomic mass is 9.83. The van der Waals surface area contributed by atoms with Crippen LogP contribution in [0.15, 0.2) is 30.3 Å². The monoisotopic (exact) mass is 260 g/mol. The molecule has 3 rings (SSSR count). The molecular weight excluding hydrogens is 244 g/mol. The number of hydrogen-bond donors (Lipinski definition) is 1. The largest absolute Gasteiger partial charge is 0.506 e. The van der Waals surface area contributed by atoms with Gasteiger partial charge in [-0.15, -0.1) is 0 Å². The molecule has 1 N–H and O–H groups in total. The highest BCUT2D eigenvalue weighted by molar-refractivity contribution is 6.37. The van der Waals surface area contributed by atoms with E-state index in [4.69, 9.17) is 11.6 Å². The van der Waals surface area contributed by atoms with Crippen LogP contribution >= 0.6 is 11.6 Å². The van der Waals surface area contributed by atoms with Gasteiger partial charge in [0.2, 0.25) is 0 Å². The van der Waals surface area contributed by atoms with Gasteiger partial charge in [0, 0.05) is 5.39 Å². The van der Waals surface area contributed by atoms with Gasteiger partial charge < -0.3 is 5.11 Å². The van der Waals surface area contributed by atoms with Gasteiger partial charge in [0.25, 0.3) is 0 Å². The summed E-state index contributed by atoms with van der Waals surface area (Å²) >= 11 is 6.11. The van der Waals surface area contributed by atoms with Crippen molar-refractivity contribution in [1.29, 1.82) is 0 Å². The highest BCUT2D eigenvalue weighted by Crippen LogP contribution is 2.37. The van der Waals surface area contributed by atoms with Gasteiger partial charge in [-0.1, -0.05) is 55.1 Å². The SMILES string of the molecule is Oc1ccc2cc(C3CCCCC3)ccc2c1Cl. The van der Waals surface area contributed by atoms with Gasteiger partial charge in [0.1, 0.15) is 5.75 Å². The van der Waals surface area contributed by atoms with Crippen molar-refractivity contribution in [1.82, 2.24) is 0 Å². The van der Waals surface area contributed by atoms with E-state index in [9.17, 15) is 5.11 Å². The first-order valence-corrected chi connectivity index (χ1v) is 7.04. The van der Waals surface area contributed by atoms with E-state index in [2.05, 4.69) is 12.1 Å². The highest BCUT2D eigenvalue weighted by Gasteiger charge is 2.16. The molecule has 1 fully saturated rings. The molecule has 0 amide bonds. The second-order valence-electron chi connectivity index (χ2n) is 5.21. The number of aromatic hydroxyl groups is 1. The first kappa shape index (κ1) is 11.9. The zero-order valence-electron chi connectivity index (χ0n) is 10.3. The Labute approximate surface area is 112 Å². The Bertz CT molecular complexity index is 571. The molecule has 2 aromatic carbocycles. The number of benzene rings is 2. The molecule has 1 nitrogen and oxygen atoms in total. The Balaban J connectivity index is 2.03. The summed E-state index contributed by atoms with van der Waals surface area (Å²) in [5.74, 6) is 0.866. The molecule has 0 unspecified atom stereocenters. The van der Waals surface area contributed by atoms with Crippen LogP contribution in [-0.2, 0) is 0 Å². The molecule has 94 valence electrons. The van der Waals surface area contributed by atoms with E-state index >= 15 is 0 Å². The predicted molar refractivity (Wildman–Crippen MR) is 76.4 cm³/mol. The number of rotatable bonds is 1. The number of halogens is 1. The Morgan fingerprint density at radius 2 is 1.78 bits per heavy atom. The van der Waals surface area contributed by atoms with Crippen molar-refractivity contribution in [2.24, 2.45) is 0 Å². The van der Waals surface area contributed by atoms with Crippen molar-refractivity contribution >= 4 is 22.4 Å². The molecule has 2 aromatic rings. The van der Waals surface area contributed by atoms with E-state index in [1.54, 1.807) is 6.07 Å². The van der Waals surface area contributed by atoms with Crippen molar-refractivity contribution in [2.75, 3.05) is 0 Å². The standard InChI is InChI=1S/C16H17ClO/c17-16-14-8-6-12(11-4-2-1-3-5-11)10-13(14)7-9-15(16)18/h6-11,18H,1-5H2. The molecule has 1 saturated carbocycles. The van der Waals surface area contributed by atoms with Gasteiger partial charge in [-0.25, -0.2) is 0 Å². The Morgan fingerprint density at radius 1 is 1.00 bits per heavy atom. The lowest BCUT2D eigenvalue weighted by Gasteiger charge is -2.22. The maximum Gasteiger partial charge on any atom is 0.134 e. The van der Waals surface area contributed by atoms with Crippen LogP contribution in [0.4, 0.5) is 0 Å². The summed E-state index contributed by atoms with van der Waals surface area (Å²) in [5.41, 5.74) is 1.42. The molecule has 0 atom stereocenters. The highest BCUT2D eigenvalue weighted by atomic mass is 35.5. The van der Waals surface area contributed by atoms with Gasteiger partial charge in [0.05, 0.1) is 5.02 Å².